The zero-order valence-corrected chi connectivity index (χ0v) is 14.7. The van der Waals surface area contributed by atoms with E-state index in [0.29, 0.717) is 13.2 Å². The van der Waals surface area contributed by atoms with Crippen molar-refractivity contribution in [2.45, 2.75) is 58.7 Å². The van der Waals surface area contributed by atoms with Crippen LogP contribution in [0.4, 0.5) is 4.79 Å². The summed E-state index contributed by atoms with van der Waals surface area (Å²) in [4.78, 5) is 26.3. The van der Waals surface area contributed by atoms with Crippen molar-refractivity contribution in [2.24, 2.45) is 5.92 Å². The fraction of sp³-hybridized carbons (Fsp3) is 0.579. The molecule has 1 heterocycles. The third-order valence-corrected chi connectivity index (χ3v) is 4.20. The molecule has 2 rings (SSSR count). The maximum absolute atomic E-state index is 12.6. The predicted molar refractivity (Wildman–Crippen MR) is 91.4 cm³/mol. The number of nitrogens with zero attached hydrogens (tertiary/aromatic N) is 1. The second-order valence-electron chi connectivity index (χ2n) is 6.53. The first-order valence-corrected chi connectivity index (χ1v) is 8.72. The van der Waals surface area contributed by atoms with E-state index in [-0.39, 0.29) is 11.9 Å². The van der Waals surface area contributed by atoms with Crippen molar-refractivity contribution in [3.8, 4) is 0 Å². The minimum atomic E-state index is -0.681. The number of amides is 1. The Morgan fingerprint density at radius 3 is 2.58 bits per heavy atom. The van der Waals surface area contributed by atoms with Gasteiger partial charge in [0.25, 0.3) is 0 Å². The fourth-order valence-electron chi connectivity index (χ4n) is 2.85. The molecular weight excluding hydrogens is 306 g/mol. The van der Waals surface area contributed by atoms with Crippen molar-refractivity contribution in [3.05, 3.63) is 35.9 Å². The van der Waals surface area contributed by atoms with Crippen molar-refractivity contribution in [3.63, 3.8) is 0 Å². The molecule has 1 aliphatic rings. The number of unbranched alkanes of at least 4 members (excludes halogenated alkanes) is 2. The van der Waals surface area contributed by atoms with Gasteiger partial charge >= 0.3 is 12.1 Å². The molecule has 0 aromatic heterocycles. The highest BCUT2D eigenvalue weighted by Crippen LogP contribution is 2.28. The van der Waals surface area contributed by atoms with Gasteiger partial charge in [-0.1, -0.05) is 63.9 Å². The number of carbonyl (C=O) groups excluding carboxylic acids is 2. The quantitative estimate of drug-likeness (QED) is 0.537. The van der Waals surface area contributed by atoms with Gasteiger partial charge in [0.05, 0.1) is 13.2 Å². The smallest absolute Gasteiger partial charge is 0.411 e. The van der Waals surface area contributed by atoms with E-state index >= 15 is 0 Å². The summed E-state index contributed by atoms with van der Waals surface area (Å²) in [6.07, 6.45) is 2.01. The lowest BCUT2D eigenvalue weighted by Crippen LogP contribution is -2.45. The van der Waals surface area contributed by atoms with Crippen LogP contribution in [0.15, 0.2) is 30.3 Å². The molecule has 0 spiro atoms. The Bertz CT molecular complexity index is 544. The molecule has 1 fully saturated rings. The molecule has 1 aromatic carbocycles. The summed E-state index contributed by atoms with van der Waals surface area (Å²) in [6.45, 7) is 6.73. The van der Waals surface area contributed by atoms with Gasteiger partial charge in [-0.25, -0.2) is 9.59 Å². The number of benzene rings is 1. The Kier molecular flexibility index (Phi) is 6.64. The van der Waals surface area contributed by atoms with E-state index < -0.39 is 18.2 Å². The molecule has 0 aliphatic carbocycles. The largest absolute Gasteiger partial charge is 0.464 e. The van der Waals surface area contributed by atoms with Crippen LogP contribution in [-0.4, -0.2) is 35.7 Å². The molecule has 132 valence electrons. The number of rotatable bonds is 8. The van der Waals surface area contributed by atoms with Gasteiger partial charge in [-0.2, -0.15) is 0 Å². The fourth-order valence-corrected chi connectivity index (χ4v) is 2.85. The van der Waals surface area contributed by atoms with E-state index in [2.05, 4.69) is 6.92 Å². The number of cyclic esters (lactones) is 1. The van der Waals surface area contributed by atoms with Crippen molar-refractivity contribution in [2.75, 3.05) is 6.61 Å². The first-order valence-electron chi connectivity index (χ1n) is 8.72. The van der Waals surface area contributed by atoms with Gasteiger partial charge in [0.2, 0.25) is 0 Å². The topological polar surface area (TPSA) is 55.8 Å². The Hall–Kier alpha value is -2.04. The maximum atomic E-state index is 12.6. The average molecular weight is 333 g/mol. The van der Waals surface area contributed by atoms with E-state index in [1.165, 1.54) is 4.90 Å². The molecule has 1 saturated heterocycles. The summed E-state index contributed by atoms with van der Waals surface area (Å²) in [5, 5.41) is 0. The third kappa shape index (κ3) is 4.49. The summed E-state index contributed by atoms with van der Waals surface area (Å²) in [7, 11) is 0. The molecule has 0 unspecified atom stereocenters. The standard InChI is InChI=1S/C19H27NO4/c1-4-5-9-12-23-18(21)16-17(14(2)3)24-19(22)20(16)13-15-10-7-6-8-11-15/h6-8,10-11,14,16-17H,4-5,9,12-13H2,1-3H3/t16-,17+/m1/s1. The highest BCUT2D eigenvalue weighted by Gasteiger charge is 2.48. The summed E-state index contributed by atoms with van der Waals surface area (Å²) in [5.74, 6) is -0.325. The van der Waals surface area contributed by atoms with Crippen molar-refractivity contribution in [1.29, 1.82) is 0 Å². The third-order valence-electron chi connectivity index (χ3n) is 4.20. The van der Waals surface area contributed by atoms with Crippen LogP contribution < -0.4 is 0 Å². The molecule has 0 saturated carbocycles. The van der Waals surface area contributed by atoms with Crippen LogP contribution in [0.25, 0.3) is 0 Å². The highest BCUT2D eigenvalue weighted by molar-refractivity contribution is 5.85. The van der Waals surface area contributed by atoms with Crippen molar-refractivity contribution in [1.82, 2.24) is 4.90 Å². The first-order chi connectivity index (χ1) is 11.5. The minimum absolute atomic E-state index is 0.0444. The van der Waals surface area contributed by atoms with Gasteiger partial charge in [0.15, 0.2) is 6.04 Å². The van der Waals surface area contributed by atoms with E-state index in [0.717, 1.165) is 24.8 Å². The summed E-state index contributed by atoms with van der Waals surface area (Å²) in [6, 6.07) is 8.92. The Morgan fingerprint density at radius 1 is 1.25 bits per heavy atom. The van der Waals surface area contributed by atoms with Gasteiger partial charge in [-0.3, -0.25) is 4.90 Å². The normalized spacial score (nSPS) is 20.3. The molecule has 5 nitrogen and oxygen atoms in total. The van der Waals surface area contributed by atoms with Crippen LogP contribution in [0, 0.1) is 5.92 Å². The SMILES string of the molecule is CCCCCOC(=O)[C@H]1[C@H](C(C)C)OC(=O)N1Cc1ccccc1. The zero-order valence-electron chi connectivity index (χ0n) is 14.7. The molecule has 2 atom stereocenters. The van der Waals surface area contributed by atoms with Gasteiger partial charge in [-0.05, 0) is 17.9 Å². The molecule has 5 heteroatoms. The van der Waals surface area contributed by atoms with Crippen LogP contribution in [0.3, 0.4) is 0 Å². The Balaban J connectivity index is 2.10. The maximum Gasteiger partial charge on any atom is 0.411 e. The van der Waals surface area contributed by atoms with Gasteiger partial charge < -0.3 is 9.47 Å². The number of hydrogen-bond acceptors (Lipinski definition) is 4. The van der Waals surface area contributed by atoms with Crippen LogP contribution in [0.1, 0.15) is 45.6 Å². The molecule has 0 N–H and O–H groups in total. The monoisotopic (exact) mass is 333 g/mol. The molecule has 1 aromatic rings. The van der Waals surface area contributed by atoms with Crippen LogP contribution in [-0.2, 0) is 20.8 Å². The molecule has 1 aliphatic heterocycles. The van der Waals surface area contributed by atoms with Gasteiger partial charge in [0.1, 0.15) is 6.10 Å². The molecule has 1 amide bonds. The lowest BCUT2D eigenvalue weighted by molar-refractivity contribution is -0.150. The summed E-state index contributed by atoms with van der Waals surface area (Å²) in [5.41, 5.74) is 0.961. The second kappa shape index (κ2) is 8.71. The van der Waals surface area contributed by atoms with Crippen molar-refractivity contribution < 1.29 is 19.1 Å². The summed E-state index contributed by atoms with van der Waals surface area (Å²) >= 11 is 0. The molecule has 24 heavy (non-hydrogen) atoms. The van der Waals surface area contributed by atoms with E-state index in [1.54, 1.807) is 0 Å². The molecular formula is C19H27NO4. The van der Waals surface area contributed by atoms with Crippen LogP contribution >= 0.6 is 0 Å². The van der Waals surface area contributed by atoms with E-state index in [4.69, 9.17) is 9.47 Å². The highest BCUT2D eigenvalue weighted by atomic mass is 16.6. The van der Waals surface area contributed by atoms with Crippen LogP contribution in [0.5, 0.6) is 0 Å². The van der Waals surface area contributed by atoms with Gasteiger partial charge in [0, 0.05) is 0 Å². The van der Waals surface area contributed by atoms with Crippen molar-refractivity contribution >= 4 is 12.1 Å². The zero-order chi connectivity index (χ0) is 17.5. The first kappa shape index (κ1) is 18.3. The molecule has 0 bridgehead atoms. The number of carbonyl (C=O) groups is 2. The minimum Gasteiger partial charge on any atom is -0.464 e. The van der Waals surface area contributed by atoms with E-state index in [9.17, 15) is 9.59 Å². The summed E-state index contributed by atoms with van der Waals surface area (Å²) < 4.78 is 10.9. The lowest BCUT2D eigenvalue weighted by Gasteiger charge is -2.24. The number of ether oxygens (including phenoxy) is 2. The average Bonchev–Trinajstić information content (AvgIpc) is 2.89. The van der Waals surface area contributed by atoms with Crippen LogP contribution in [0.2, 0.25) is 0 Å². The predicted octanol–water partition coefficient (Wildman–Crippen LogP) is 3.77. The lowest BCUT2D eigenvalue weighted by atomic mass is 9.99. The number of esters is 1. The van der Waals surface area contributed by atoms with E-state index in [1.807, 2.05) is 44.2 Å². The second-order valence-corrected chi connectivity index (χ2v) is 6.53. The van der Waals surface area contributed by atoms with Gasteiger partial charge in [-0.15, -0.1) is 0 Å². The Labute approximate surface area is 143 Å². The molecule has 0 radical (unpaired) electrons. The Morgan fingerprint density at radius 2 is 1.96 bits per heavy atom. The number of hydrogen-bond donors (Lipinski definition) is 0.